The molecule has 3 rings (SSSR count). The average Bonchev–Trinajstić information content (AvgIpc) is 2.82. The first-order chi connectivity index (χ1) is 9.16. The fraction of sp³-hybridized carbons (Fsp3) is 0.462. The van der Waals surface area contributed by atoms with E-state index in [0.717, 1.165) is 18.4 Å². The van der Waals surface area contributed by atoms with Crippen LogP contribution in [0.1, 0.15) is 30.1 Å². The Morgan fingerprint density at radius 3 is 3.11 bits per heavy atom. The lowest BCUT2D eigenvalue weighted by Crippen LogP contribution is -2.48. The summed E-state index contributed by atoms with van der Waals surface area (Å²) in [7, 11) is 0. The molecule has 2 N–H and O–H groups in total. The number of amides is 1. The number of likely N-dealkylation sites (tertiary alicyclic amines) is 1. The molecule has 6 heteroatoms. The highest BCUT2D eigenvalue weighted by Crippen LogP contribution is 2.20. The summed E-state index contributed by atoms with van der Waals surface area (Å²) < 4.78 is 1.67. The van der Waals surface area contributed by atoms with Crippen molar-refractivity contribution >= 4 is 11.4 Å². The Hall–Kier alpha value is -1.95. The van der Waals surface area contributed by atoms with Gasteiger partial charge in [-0.2, -0.15) is 5.10 Å². The lowest BCUT2D eigenvalue weighted by atomic mass is 9.98. The van der Waals surface area contributed by atoms with Gasteiger partial charge in [0.25, 0.3) is 5.91 Å². The first-order valence-electron chi connectivity index (χ1n) is 6.50. The second-order valence-electron chi connectivity index (χ2n) is 5.10. The van der Waals surface area contributed by atoms with E-state index in [1.807, 2.05) is 11.8 Å². The van der Waals surface area contributed by atoms with Gasteiger partial charge in [-0.25, -0.2) is 4.52 Å². The molecule has 2 unspecified atom stereocenters. The topological polar surface area (TPSA) is 76.5 Å². The van der Waals surface area contributed by atoms with E-state index < -0.39 is 0 Å². The quantitative estimate of drug-likeness (QED) is 0.817. The molecular weight excluding hydrogens is 242 g/mol. The smallest absolute Gasteiger partial charge is 0.257 e. The first kappa shape index (κ1) is 12.1. The molecule has 0 bridgehead atoms. The third-order valence-electron chi connectivity index (χ3n) is 3.73. The van der Waals surface area contributed by atoms with Crippen molar-refractivity contribution in [3.8, 4) is 0 Å². The summed E-state index contributed by atoms with van der Waals surface area (Å²) in [5.41, 5.74) is 7.28. The van der Waals surface area contributed by atoms with E-state index in [9.17, 15) is 4.79 Å². The van der Waals surface area contributed by atoms with Gasteiger partial charge in [-0.3, -0.25) is 9.78 Å². The molecule has 2 aromatic rings. The van der Waals surface area contributed by atoms with Crippen LogP contribution in [-0.2, 0) is 0 Å². The number of hydrogen-bond donors (Lipinski definition) is 1. The number of aromatic nitrogens is 3. The number of nitrogens with zero attached hydrogens (tertiary/aromatic N) is 4. The normalized spacial score (nSPS) is 23.8. The Balaban J connectivity index is 1.91. The van der Waals surface area contributed by atoms with Crippen LogP contribution in [0.25, 0.3) is 5.52 Å². The summed E-state index contributed by atoms with van der Waals surface area (Å²) in [5, 5.41) is 4.18. The number of carbonyl (C=O) groups is 1. The Morgan fingerprint density at radius 2 is 2.32 bits per heavy atom. The fourth-order valence-electron chi connectivity index (χ4n) is 2.66. The van der Waals surface area contributed by atoms with Crippen LogP contribution in [-0.4, -0.2) is 44.0 Å². The van der Waals surface area contributed by atoms with E-state index in [2.05, 4.69) is 10.1 Å². The van der Waals surface area contributed by atoms with Crippen LogP contribution in [0.5, 0.6) is 0 Å². The molecule has 1 fully saturated rings. The molecule has 0 radical (unpaired) electrons. The van der Waals surface area contributed by atoms with E-state index in [-0.39, 0.29) is 18.0 Å². The van der Waals surface area contributed by atoms with Crippen LogP contribution >= 0.6 is 0 Å². The summed E-state index contributed by atoms with van der Waals surface area (Å²) in [5.74, 6) is 0.0161. The lowest BCUT2D eigenvalue weighted by Gasteiger charge is -2.36. The molecular formula is C13H17N5O. The van der Waals surface area contributed by atoms with Gasteiger partial charge in [0.1, 0.15) is 0 Å². The number of fused-ring (bicyclic) bond motifs is 1. The van der Waals surface area contributed by atoms with Crippen molar-refractivity contribution in [2.24, 2.45) is 5.73 Å². The predicted molar refractivity (Wildman–Crippen MR) is 70.7 cm³/mol. The molecule has 3 heterocycles. The molecule has 1 aliphatic rings. The zero-order valence-electron chi connectivity index (χ0n) is 10.9. The van der Waals surface area contributed by atoms with E-state index >= 15 is 0 Å². The van der Waals surface area contributed by atoms with Crippen molar-refractivity contribution in [1.29, 1.82) is 0 Å². The summed E-state index contributed by atoms with van der Waals surface area (Å²) in [6.45, 7) is 2.75. The Kier molecular flexibility index (Phi) is 2.94. The monoisotopic (exact) mass is 259 g/mol. The van der Waals surface area contributed by atoms with Crippen molar-refractivity contribution in [1.82, 2.24) is 19.5 Å². The van der Waals surface area contributed by atoms with Gasteiger partial charge in [-0.1, -0.05) is 0 Å². The van der Waals surface area contributed by atoms with Crippen LogP contribution in [0.2, 0.25) is 0 Å². The summed E-state index contributed by atoms with van der Waals surface area (Å²) in [6, 6.07) is 0.368. The molecule has 2 aromatic heterocycles. The minimum Gasteiger partial charge on any atom is -0.336 e. The van der Waals surface area contributed by atoms with Gasteiger partial charge in [0.15, 0.2) is 0 Å². The summed E-state index contributed by atoms with van der Waals surface area (Å²) >= 11 is 0. The Morgan fingerprint density at radius 1 is 1.47 bits per heavy atom. The Bertz CT molecular complexity index is 608. The second kappa shape index (κ2) is 4.62. The van der Waals surface area contributed by atoms with Gasteiger partial charge >= 0.3 is 0 Å². The number of hydrogen-bond acceptors (Lipinski definition) is 4. The van der Waals surface area contributed by atoms with Crippen LogP contribution in [0.15, 0.2) is 24.8 Å². The maximum Gasteiger partial charge on any atom is 0.257 e. The molecule has 1 amide bonds. The minimum absolute atomic E-state index is 0.0161. The van der Waals surface area contributed by atoms with Crippen molar-refractivity contribution in [2.45, 2.75) is 31.8 Å². The predicted octanol–water partition coefficient (Wildman–Crippen LogP) is 0.681. The molecule has 1 saturated heterocycles. The molecule has 0 aliphatic carbocycles. The van der Waals surface area contributed by atoms with Crippen LogP contribution < -0.4 is 5.73 Å². The maximum absolute atomic E-state index is 12.6. The van der Waals surface area contributed by atoms with E-state index in [0.29, 0.717) is 12.1 Å². The molecule has 1 aliphatic heterocycles. The van der Waals surface area contributed by atoms with Gasteiger partial charge in [-0.05, 0) is 19.8 Å². The van der Waals surface area contributed by atoms with Crippen LogP contribution in [0.3, 0.4) is 0 Å². The molecule has 100 valence electrons. The Labute approximate surface area is 111 Å². The zero-order valence-corrected chi connectivity index (χ0v) is 10.9. The van der Waals surface area contributed by atoms with Gasteiger partial charge in [0.2, 0.25) is 0 Å². The average molecular weight is 259 g/mol. The lowest BCUT2D eigenvalue weighted by molar-refractivity contribution is 0.0621. The molecule has 0 spiro atoms. The van der Waals surface area contributed by atoms with Crippen LogP contribution in [0, 0.1) is 0 Å². The minimum atomic E-state index is 0.0161. The number of piperidine rings is 1. The molecule has 19 heavy (non-hydrogen) atoms. The SMILES string of the molecule is CC1CC(N)CCN1C(=O)c1cnn2ccncc12. The van der Waals surface area contributed by atoms with Crippen molar-refractivity contribution in [3.05, 3.63) is 30.4 Å². The second-order valence-corrected chi connectivity index (χ2v) is 5.10. The third kappa shape index (κ3) is 2.08. The van der Waals surface area contributed by atoms with Crippen molar-refractivity contribution in [3.63, 3.8) is 0 Å². The number of rotatable bonds is 1. The molecule has 0 aromatic carbocycles. The van der Waals surface area contributed by atoms with Gasteiger partial charge in [-0.15, -0.1) is 0 Å². The highest BCUT2D eigenvalue weighted by atomic mass is 16.2. The van der Waals surface area contributed by atoms with Gasteiger partial charge in [0, 0.05) is 31.0 Å². The van der Waals surface area contributed by atoms with Crippen molar-refractivity contribution < 1.29 is 4.79 Å². The fourth-order valence-corrected chi connectivity index (χ4v) is 2.66. The van der Waals surface area contributed by atoms with E-state index in [1.54, 1.807) is 29.3 Å². The number of carbonyl (C=O) groups excluding carboxylic acids is 1. The van der Waals surface area contributed by atoms with Crippen molar-refractivity contribution in [2.75, 3.05) is 6.54 Å². The zero-order chi connectivity index (χ0) is 13.4. The standard InChI is InChI=1S/C13H17N5O/c1-9-6-10(14)2-4-17(9)13(19)11-7-16-18-5-3-15-8-12(11)18/h3,5,7-10H,2,4,6,14H2,1H3. The molecule has 0 saturated carbocycles. The maximum atomic E-state index is 12.6. The summed E-state index contributed by atoms with van der Waals surface area (Å²) in [6.07, 6.45) is 8.37. The highest BCUT2D eigenvalue weighted by molar-refractivity contribution is 6.00. The molecule has 6 nitrogen and oxygen atoms in total. The number of nitrogens with two attached hydrogens (primary N) is 1. The first-order valence-corrected chi connectivity index (χ1v) is 6.50. The van der Waals surface area contributed by atoms with Gasteiger partial charge < -0.3 is 10.6 Å². The summed E-state index contributed by atoms with van der Waals surface area (Å²) in [4.78, 5) is 18.5. The van der Waals surface area contributed by atoms with Gasteiger partial charge in [0.05, 0.1) is 23.5 Å². The van der Waals surface area contributed by atoms with Crippen LogP contribution in [0.4, 0.5) is 0 Å². The van der Waals surface area contributed by atoms with E-state index in [4.69, 9.17) is 5.73 Å². The largest absolute Gasteiger partial charge is 0.336 e. The third-order valence-corrected chi connectivity index (χ3v) is 3.73. The molecule has 2 atom stereocenters. The van der Waals surface area contributed by atoms with E-state index in [1.165, 1.54) is 0 Å². The highest BCUT2D eigenvalue weighted by Gasteiger charge is 2.29.